The van der Waals surface area contributed by atoms with E-state index in [1.807, 2.05) is 46.9 Å². The van der Waals surface area contributed by atoms with E-state index < -0.39 is 0 Å². The number of para-hydroxylation sites is 1. The van der Waals surface area contributed by atoms with Gasteiger partial charge in [0.15, 0.2) is 5.16 Å². The summed E-state index contributed by atoms with van der Waals surface area (Å²) in [6, 6.07) is 14.8. The highest BCUT2D eigenvalue weighted by atomic mass is 35.5. The topological polar surface area (TPSA) is 70.7 Å². The number of methoxy groups -OCH3 is 1. The molecule has 4 aromatic rings. The van der Waals surface area contributed by atoms with Gasteiger partial charge in [0.25, 0.3) is 5.56 Å². The smallest absolute Gasteiger partial charge is 0.262 e. The lowest BCUT2D eigenvalue weighted by atomic mass is 10.2. The van der Waals surface area contributed by atoms with E-state index >= 15 is 0 Å². The van der Waals surface area contributed by atoms with Gasteiger partial charge in [-0.05, 0) is 36.8 Å². The first-order valence-electron chi connectivity index (χ1n) is 9.56. The lowest BCUT2D eigenvalue weighted by Gasteiger charge is -2.11. The third kappa shape index (κ3) is 4.30. The molecule has 0 aliphatic rings. The Labute approximate surface area is 182 Å². The van der Waals surface area contributed by atoms with Gasteiger partial charge in [-0.1, -0.05) is 41.6 Å². The molecule has 7 nitrogen and oxygen atoms in total. The van der Waals surface area contributed by atoms with Gasteiger partial charge >= 0.3 is 0 Å². The van der Waals surface area contributed by atoms with E-state index in [1.54, 1.807) is 17.7 Å². The molecular formula is C21H21ClN4O3S. The Hall–Kier alpha value is -2.55. The van der Waals surface area contributed by atoms with Crippen LogP contribution in [0.3, 0.4) is 0 Å². The summed E-state index contributed by atoms with van der Waals surface area (Å²) in [6.45, 7) is 1.58. The predicted molar refractivity (Wildman–Crippen MR) is 119 cm³/mol. The monoisotopic (exact) mass is 444 g/mol. The van der Waals surface area contributed by atoms with E-state index in [0.717, 1.165) is 16.4 Å². The molecule has 9 heteroatoms. The zero-order valence-corrected chi connectivity index (χ0v) is 18.0. The van der Waals surface area contributed by atoms with Crippen molar-refractivity contribution in [2.24, 2.45) is 0 Å². The Morgan fingerprint density at radius 1 is 1.10 bits per heavy atom. The highest BCUT2D eigenvalue weighted by Crippen LogP contribution is 2.22. The maximum atomic E-state index is 13.0. The van der Waals surface area contributed by atoms with Gasteiger partial charge in [0, 0.05) is 31.0 Å². The van der Waals surface area contributed by atoms with Crippen LogP contribution in [-0.2, 0) is 11.3 Å². The number of thioether (sulfide) groups is 1. The van der Waals surface area contributed by atoms with Crippen molar-refractivity contribution in [3.63, 3.8) is 0 Å². The number of ether oxygens (including phenoxy) is 2. The molecule has 0 fully saturated rings. The molecule has 0 unspecified atom stereocenters. The number of aryl methyl sites for hydroxylation is 1. The molecule has 2 aromatic carbocycles. The van der Waals surface area contributed by atoms with Crippen LogP contribution in [0.1, 0.15) is 6.42 Å². The molecule has 0 saturated carbocycles. The van der Waals surface area contributed by atoms with Gasteiger partial charge in [-0.25, -0.2) is 0 Å². The molecule has 2 heterocycles. The summed E-state index contributed by atoms with van der Waals surface area (Å²) in [5.74, 6) is 1.93. The Bertz CT molecular complexity index is 1220. The second-order valence-corrected chi connectivity index (χ2v) is 8.09. The van der Waals surface area contributed by atoms with Crippen molar-refractivity contribution in [3.05, 3.63) is 63.9 Å². The van der Waals surface area contributed by atoms with Crippen LogP contribution in [-0.4, -0.2) is 45.2 Å². The number of halogens is 1. The second-order valence-electron chi connectivity index (χ2n) is 6.59. The van der Waals surface area contributed by atoms with E-state index in [9.17, 15) is 4.79 Å². The molecule has 0 bridgehead atoms. The maximum Gasteiger partial charge on any atom is 0.262 e. The van der Waals surface area contributed by atoms with Gasteiger partial charge in [0.05, 0.1) is 17.5 Å². The molecule has 0 N–H and O–H groups in total. The molecule has 0 radical (unpaired) electrons. The molecule has 0 saturated heterocycles. The van der Waals surface area contributed by atoms with E-state index in [0.29, 0.717) is 48.1 Å². The highest BCUT2D eigenvalue weighted by Gasteiger charge is 2.16. The lowest BCUT2D eigenvalue weighted by molar-refractivity contribution is 0.190. The first-order valence-corrected chi connectivity index (χ1v) is 10.9. The van der Waals surface area contributed by atoms with Crippen molar-refractivity contribution in [3.8, 4) is 5.75 Å². The van der Waals surface area contributed by atoms with Gasteiger partial charge in [0.2, 0.25) is 5.78 Å². The minimum absolute atomic E-state index is 0.0672. The van der Waals surface area contributed by atoms with Crippen molar-refractivity contribution in [2.75, 3.05) is 26.1 Å². The van der Waals surface area contributed by atoms with Crippen molar-refractivity contribution < 1.29 is 9.47 Å². The lowest BCUT2D eigenvalue weighted by Crippen LogP contribution is -2.24. The molecular weight excluding hydrogens is 424 g/mol. The Balaban J connectivity index is 1.60. The fourth-order valence-electron chi connectivity index (χ4n) is 3.24. The van der Waals surface area contributed by atoms with Gasteiger partial charge in [-0.15, -0.1) is 10.2 Å². The van der Waals surface area contributed by atoms with Crippen LogP contribution in [0, 0.1) is 0 Å². The third-order valence-corrected chi connectivity index (χ3v) is 5.72. The predicted octanol–water partition coefficient (Wildman–Crippen LogP) is 3.91. The Morgan fingerprint density at radius 2 is 1.97 bits per heavy atom. The van der Waals surface area contributed by atoms with Gasteiger partial charge < -0.3 is 9.47 Å². The summed E-state index contributed by atoms with van der Waals surface area (Å²) in [6.07, 6.45) is 0.715. The molecule has 156 valence electrons. The van der Waals surface area contributed by atoms with Gasteiger partial charge in [-0.2, -0.15) is 0 Å². The van der Waals surface area contributed by atoms with Crippen LogP contribution in [0.2, 0.25) is 5.02 Å². The quantitative estimate of drug-likeness (QED) is 0.288. The number of nitrogens with zero attached hydrogens (tertiary/aromatic N) is 4. The molecule has 0 amide bonds. The SMILES string of the molecule is COCCCn1c(=O)c2ccccc2n2c(SCCOc3cccc(Cl)c3)nnc12. The zero-order chi connectivity index (χ0) is 20.9. The summed E-state index contributed by atoms with van der Waals surface area (Å²) in [7, 11) is 1.65. The van der Waals surface area contributed by atoms with E-state index in [-0.39, 0.29) is 5.56 Å². The largest absolute Gasteiger partial charge is 0.493 e. The normalized spacial score (nSPS) is 11.4. The minimum atomic E-state index is -0.0672. The van der Waals surface area contributed by atoms with Gasteiger partial charge in [-0.3, -0.25) is 13.8 Å². The summed E-state index contributed by atoms with van der Waals surface area (Å²) in [4.78, 5) is 13.0. The summed E-state index contributed by atoms with van der Waals surface area (Å²) in [5.41, 5.74) is 0.728. The minimum Gasteiger partial charge on any atom is -0.493 e. The first kappa shape index (κ1) is 20.7. The van der Waals surface area contributed by atoms with Crippen molar-refractivity contribution >= 4 is 40.0 Å². The molecule has 0 spiro atoms. The van der Waals surface area contributed by atoms with Crippen LogP contribution in [0.4, 0.5) is 0 Å². The van der Waals surface area contributed by atoms with Crippen LogP contribution in [0.25, 0.3) is 16.7 Å². The second kappa shape index (κ2) is 9.51. The molecule has 4 rings (SSSR count). The van der Waals surface area contributed by atoms with E-state index in [1.165, 1.54) is 11.8 Å². The highest BCUT2D eigenvalue weighted by molar-refractivity contribution is 7.99. The Kier molecular flexibility index (Phi) is 6.56. The number of benzene rings is 2. The van der Waals surface area contributed by atoms with E-state index in [2.05, 4.69) is 10.2 Å². The van der Waals surface area contributed by atoms with Crippen LogP contribution in [0.15, 0.2) is 58.5 Å². The van der Waals surface area contributed by atoms with Crippen molar-refractivity contribution in [1.82, 2.24) is 19.2 Å². The van der Waals surface area contributed by atoms with Gasteiger partial charge in [0.1, 0.15) is 5.75 Å². The fourth-order valence-corrected chi connectivity index (χ4v) is 4.18. The number of rotatable bonds is 9. The van der Waals surface area contributed by atoms with Crippen molar-refractivity contribution in [2.45, 2.75) is 18.1 Å². The standard InChI is InChI=1S/C21H21ClN4O3S/c1-28-11-5-10-25-19(27)17-8-2-3-9-18(17)26-20(25)23-24-21(26)30-13-12-29-16-7-4-6-15(22)14-16/h2-4,6-9,14H,5,10-13H2,1H3. The molecule has 0 atom stereocenters. The number of aromatic nitrogens is 4. The van der Waals surface area contributed by atoms with Crippen LogP contribution in [0.5, 0.6) is 5.75 Å². The number of hydrogen-bond acceptors (Lipinski definition) is 6. The first-order chi connectivity index (χ1) is 14.7. The Morgan fingerprint density at radius 3 is 2.80 bits per heavy atom. The fraction of sp³-hybridized carbons (Fsp3) is 0.286. The number of fused-ring (bicyclic) bond motifs is 3. The average molecular weight is 445 g/mol. The van der Waals surface area contributed by atoms with Crippen LogP contribution < -0.4 is 10.3 Å². The summed E-state index contributed by atoms with van der Waals surface area (Å²) >= 11 is 7.52. The van der Waals surface area contributed by atoms with Crippen molar-refractivity contribution in [1.29, 1.82) is 0 Å². The summed E-state index contributed by atoms with van der Waals surface area (Å²) < 4.78 is 14.5. The molecule has 30 heavy (non-hydrogen) atoms. The number of hydrogen-bond donors (Lipinski definition) is 0. The molecule has 2 aromatic heterocycles. The molecule has 0 aliphatic heterocycles. The summed E-state index contributed by atoms with van der Waals surface area (Å²) in [5, 5.41) is 10.7. The van der Waals surface area contributed by atoms with Crippen LogP contribution >= 0.6 is 23.4 Å². The molecule has 0 aliphatic carbocycles. The maximum absolute atomic E-state index is 13.0. The third-order valence-electron chi connectivity index (χ3n) is 4.59. The van der Waals surface area contributed by atoms with E-state index in [4.69, 9.17) is 21.1 Å². The zero-order valence-electron chi connectivity index (χ0n) is 16.5. The average Bonchev–Trinajstić information content (AvgIpc) is 3.18.